The van der Waals surface area contributed by atoms with Gasteiger partial charge >= 0.3 is 0 Å². The van der Waals surface area contributed by atoms with Crippen LogP contribution in [0.25, 0.3) is 0 Å². The van der Waals surface area contributed by atoms with Gasteiger partial charge in [0.05, 0.1) is 6.61 Å². The van der Waals surface area contributed by atoms with Gasteiger partial charge in [-0.05, 0) is 72.2 Å². The zero-order valence-corrected chi connectivity index (χ0v) is 18.2. The van der Waals surface area contributed by atoms with Crippen molar-refractivity contribution in [2.75, 3.05) is 18.5 Å². The standard InChI is InChI=1S/C17H18BrF2N3OS.C2H6/c1-3-24-13-8-10(2)15(19)12(16(13)20)6-7-21-17(25)23-14-5-4-11(18)9-22-14;1-2/h4-5,8-9H,3,6-7H2,1-2H3,(H2,21,22,23,25);1-2H3. The van der Waals surface area contributed by atoms with Crippen molar-refractivity contribution in [3.8, 4) is 5.75 Å². The molecule has 2 aromatic rings. The number of aromatic nitrogens is 1. The van der Waals surface area contributed by atoms with Crippen molar-refractivity contribution >= 4 is 39.1 Å². The van der Waals surface area contributed by atoms with E-state index in [0.717, 1.165) is 4.47 Å². The molecule has 2 N–H and O–H groups in total. The van der Waals surface area contributed by atoms with Crippen LogP contribution in [0.15, 0.2) is 28.9 Å². The summed E-state index contributed by atoms with van der Waals surface area (Å²) in [7, 11) is 0. The van der Waals surface area contributed by atoms with E-state index in [1.807, 2.05) is 19.9 Å². The van der Waals surface area contributed by atoms with Gasteiger partial charge in [0.25, 0.3) is 0 Å². The molecular formula is C19H24BrF2N3OS. The van der Waals surface area contributed by atoms with Crippen LogP contribution < -0.4 is 15.4 Å². The molecule has 8 heteroatoms. The molecule has 0 spiro atoms. The molecule has 148 valence electrons. The summed E-state index contributed by atoms with van der Waals surface area (Å²) < 4.78 is 34.6. The maximum absolute atomic E-state index is 14.4. The molecule has 1 aromatic heterocycles. The number of nitrogens with zero attached hydrogens (tertiary/aromatic N) is 1. The number of aryl methyl sites for hydroxylation is 1. The lowest BCUT2D eigenvalue weighted by atomic mass is 10.1. The van der Waals surface area contributed by atoms with Crippen LogP contribution in [0.2, 0.25) is 0 Å². The van der Waals surface area contributed by atoms with E-state index in [1.165, 1.54) is 6.07 Å². The van der Waals surface area contributed by atoms with Gasteiger partial charge < -0.3 is 15.4 Å². The topological polar surface area (TPSA) is 46.2 Å². The zero-order valence-electron chi connectivity index (χ0n) is 15.8. The molecule has 27 heavy (non-hydrogen) atoms. The number of nitrogens with one attached hydrogen (secondary N) is 2. The predicted octanol–water partition coefficient (Wildman–Crippen LogP) is 5.38. The fourth-order valence-electron chi connectivity index (χ4n) is 2.20. The minimum Gasteiger partial charge on any atom is -0.491 e. The Morgan fingerprint density at radius 1 is 1.26 bits per heavy atom. The molecule has 0 aliphatic rings. The van der Waals surface area contributed by atoms with Crippen LogP contribution in [0.5, 0.6) is 5.75 Å². The molecule has 1 heterocycles. The average Bonchev–Trinajstić information content (AvgIpc) is 2.66. The lowest BCUT2D eigenvalue weighted by Crippen LogP contribution is -2.30. The fraction of sp³-hybridized carbons (Fsp3) is 0.368. The Kier molecular flexibility index (Phi) is 10.2. The summed E-state index contributed by atoms with van der Waals surface area (Å²) in [5.41, 5.74) is 0.333. The highest BCUT2D eigenvalue weighted by atomic mass is 79.9. The van der Waals surface area contributed by atoms with Gasteiger partial charge in [-0.3, -0.25) is 0 Å². The van der Waals surface area contributed by atoms with Gasteiger partial charge in [-0.25, -0.2) is 13.8 Å². The summed E-state index contributed by atoms with van der Waals surface area (Å²) in [6.07, 6.45) is 1.77. The first kappa shape index (κ1) is 23.2. The van der Waals surface area contributed by atoms with Gasteiger partial charge in [0.2, 0.25) is 0 Å². The SMILES string of the molecule is CC.CCOc1cc(C)c(F)c(CCNC(=S)Nc2ccc(Br)cn2)c1F. The zero-order chi connectivity index (χ0) is 20.4. The summed E-state index contributed by atoms with van der Waals surface area (Å²) >= 11 is 8.45. The smallest absolute Gasteiger partial charge is 0.171 e. The van der Waals surface area contributed by atoms with E-state index >= 15 is 0 Å². The molecule has 0 radical (unpaired) electrons. The highest BCUT2D eigenvalue weighted by Crippen LogP contribution is 2.26. The van der Waals surface area contributed by atoms with Crippen molar-refractivity contribution < 1.29 is 13.5 Å². The third kappa shape index (κ3) is 7.03. The molecule has 0 saturated heterocycles. The van der Waals surface area contributed by atoms with E-state index in [9.17, 15) is 8.78 Å². The molecule has 0 atom stereocenters. The number of benzene rings is 1. The molecule has 1 aromatic carbocycles. The average molecular weight is 460 g/mol. The van der Waals surface area contributed by atoms with E-state index in [2.05, 4.69) is 31.5 Å². The first-order valence-electron chi connectivity index (χ1n) is 8.69. The van der Waals surface area contributed by atoms with Gasteiger partial charge in [0, 0.05) is 22.8 Å². The Morgan fingerprint density at radius 2 is 1.96 bits per heavy atom. The lowest BCUT2D eigenvalue weighted by Gasteiger charge is -2.14. The third-order valence-electron chi connectivity index (χ3n) is 3.37. The van der Waals surface area contributed by atoms with E-state index in [4.69, 9.17) is 17.0 Å². The summed E-state index contributed by atoms with van der Waals surface area (Å²) in [6, 6.07) is 4.95. The molecule has 0 aliphatic heterocycles. The van der Waals surface area contributed by atoms with E-state index in [1.54, 1.807) is 26.1 Å². The molecule has 0 bridgehead atoms. The van der Waals surface area contributed by atoms with Crippen molar-refractivity contribution in [2.45, 2.75) is 34.1 Å². The third-order valence-corrected chi connectivity index (χ3v) is 4.08. The highest BCUT2D eigenvalue weighted by molar-refractivity contribution is 9.10. The molecule has 2 rings (SSSR count). The normalized spacial score (nSPS) is 9.89. The number of halogens is 3. The van der Waals surface area contributed by atoms with Crippen molar-refractivity contribution in [1.29, 1.82) is 0 Å². The van der Waals surface area contributed by atoms with Crippen LogP contribution in [-0.2, 0) is 6.42 Å². The van der Waals surface area contributed by atoms with Crippen LogP contribution >= 0.6 is 28.1 Å². The van der Waals surface area contributed by atoms with Gasteiger partial charge in [-0.15, -0.1) is 0 Å². The van der Waals surface area contributed by atoms with Crippen LogP contribution in [0.4, 0.5) is 14.6 Å². The number of ether oxygens (including phenoxy) is 1. The van der Waals surface area contributed by atoms with Gasteiger partial charge in [-0.2, -0.15) is 0 Å². The van der Waals surface area contributed by atoms with E-state index in [0.29, 0.717) is 23.1 Å². The molecule has 0 saturated carbocycles. The number of hydrogen-bond acceptors (Lipinski definition) is 3. The number of hydrogen-bond donors (Lipinski definition) is 2. The minimum absolute atomic E-state index is 0.0134. The quantitative estimate of drug-likeness (QED) is 0.567. The maximum atomic E-state index is 14.4. The molecule has 4 nitrogen and oxygen atoms in total. The second kappa shape index (κ2) is 11.8. The van der Waals surface area contributed by atoms with Crippen LogP contribution in [0.1, 0.15) is 31.9 Å². The summed E-state index contributed by atoms with van der Waals surface area (Å²) in [5.74, 6) is -0.583. The number of anilines is 1. The van der Waals surface area contributed by atoms with Crippen molar-refractivity contribution in [3.05, 3.63) is 51.6 Å². The Balaban J connectivity index is 0.00000176. The largest absolute Gasteiger partial charge is 0.491 e. The van der Waals surface area contributed by atoms with Gasteiger partial charge in [-0.1, -0.05) is 13.8 Å². The van der Waals surface area contributed by atoms with Crippen molar-refractivity contribution in [3.63, 3.8) is 0 Å². The summed E-state index contributed by atoms with van der Waals surface area (Å²) in [4.78, 5) is 4.13. The second-order valence-corrected chi connectivity index (χ2v) is 6.55. The first-order chi connectivity index (χ1) is 12.9. The maximum Gasteiger partial charge on any atom is 0.171 e. The second-order valence-electron chi connectivity index (χ2n) is 5.22. The molecule has 0 unspecified atom stereocenters. The van der Waals surface area contributed by atoms with Crippen molar-refractivity contribution in [2.24, 2.45) is 0 Å². The van der Waals surface area contributed by atoms with Gasteiger partial charge in [0.1, 0.15) is 11.6 Å². The fourth-order valence-corrected chi connectivity index (χ4v) is 2.64. The van der Waals surface area contributed by atoms with Crippen molar-refractivity contribution in [1.82, 2.24) is 10.3 Å². The highest BCUT2D eigenvalue weighted by Gasteiger charge is 2.17. The molecular weight excluding hydrogens is 436 g/mol. The number of thiocarbonyl (C=S) groups is 1. The Hall–Kier alpha value is -1.80. The van der Waals surface area contributed by atoms with Crippen LogP contribution in [-0.4, -0.2) is 23.2 Å². The van der Waals surface area contributed by atoms with Gasteiger partial charge in [0.15, 0.2) is 16.7 Å². The summed E-state index contributed by atoms with van der Waals surface area (Å²) in [6.45, 7) is 7.92. The van der Waals surface area contributed by atoms with E-state index in [-0.39, 0.29) is 24.3 Å². The molecule has 0 aliphatic carbocycles. The van der Waals surface area contributed by atoms with Crippen LogP contribution in [0, 0.1) is 18.6 Å². The van der Waals surface area contributed by atoms with E-state index < -0.39 is 11.6 Å². The Morgan fingerprint density at radius 3 is 2.56 bits per heavy atom. The Labute approximate surface area is 172 Å². The lowest BCUT2D eigenvalue weighted by molar-refractivity contribution is 0.318. The first-order valence-corrected chi connectivity index (χ1v) is 9.89. The van der Waals surface area contributed by atoms with Crippen LogP contribution in [0.3, 0.4) is 0 Å². The monoisotopic (exact) mass is 459 g/mol. The minimum atomic E-state index is -0.666. The number of pyridine rings is 1. The Bertz CT molecular complexity index is 758. The predicted molar refractivity (Wildman–Crippen MR) is 113 cm³/mol. The molecule has 0 fully saturated rings. The molecule has 0 amide bonds. The summed E-state index contributed by atoms with van der Waals surface area (Å²) in [5, 5.41) is 6.15. The number of rotatable bonds is 6.